The molecule has 0 aliphatic rings. The number of ketones is 1. The van der Waals surface area contributed by atoms with Crippen molar-refractivity contribution in [1.82, 2.24) is 4.57 Å². The zero-order valence-corrected chi connectivity index (χ0v) is 14.3. The van der Waals surface area contributed by atoms with Crippen LogP contribution >= 0.6 is 11.8 Å². The molecule has 2 nitrogen and oxygen atoms in total. The minimum Gasteiger partial charge on any atom is -0.318 e. The number of benzene rings is 1. The van der Waals surface area contributed by atoms with Crippen molar-refractivity contribution in [2.45, 2.75) is 39.9 Å². The van der Waals surface area contributed by atoms with Crippen LogP contribution in [-0.2, 0) is 0 Å². The van der Waals surface area contributed by atoms with Gasteiger partial charge in [0.15, 0.2) is 5.78 Å². The molecule has 0 N–H and O–H groups in total. The highest BCUT2D eigenvalue weighted by molar-refractivity contribution is 8.00. The molecule has 0 spiro atoms. The highest BCUT2D eigenvalue weighted by Crippen LogP contribution is 2.23. The predicted molar refractivity (Wildman–Crippen MR) is 91.9 cm³/mol. The molecule has 2 rings (SSSR count). The Balaban J connectivity index is 2.33. The molecule has 0 radical (unpaired) electrons. The van der Waals surface area contributed by atoms with Gasteiger partial charge in [0.25, 0.3) is 0 Å². The normalized spacial score (nSPS) is 11.1. The summed E-state index contributed by atoms with van der Waals surface area (Å²) in [5.41, 5.74) is 5.35. The minimum atomic E-state index is 0.222. The standard InChI is InChI=1S/C18H23NOS/c1-12(2)21-11-18(20)17-10-14(4)19(15(17)5)16-8-6-13(3)7-9-16/h6-10,12H,11H2,1-5H3. The van der Waals surface area contributed by atoms with E-state index in [1.165, 1.54) is 5.56 Å². The zero-order valence-electron chi connectivity index (χ0n) is 13.4. The largest absolute Gasteiger partial charge is 0.318 e. The number of rotatable bonds is 5. The number of nitrogens with zero attached hydrogens (tertiary/aromatic N) is 1. The Hall–Kier alpha value is -1.48. The summed E-state index contributed by atoms with van der Waals surface area (Å²) >= 11 is 1.70. The third-order valence-electron chi connectivity index (χ3n) is 3.57. The van der Waals surface area contributed by atoms with E-state index in [1.54, 1.807) is 11.8 Å². The van der Waals surface area contributed by atoms with Gasteiger partial charge in [0, 0.05) is 22.6 Å². The van der Waals surface area contributed by atoms with E-state index in [0.717, 1.165) is 22.6 Å². The van der Waals surface area contributed by atoms with E-state index >= 15 is 0 Å². The van der Waals surface area contributed by atoms with Gasteiger partial charge >= 0.3 is 0 Å². The monoisotopic (exact) mass is 301 g/mol. The average Bonchev–Trinajstić information content (AvgIpc) is 2.73. The molecule has 21 heavy (non-hydrogen) atoms. The van der Waals surface area contributed by atoms with Crippen LogP contribution in [0.4, 0.5) is 0 Å². The van der Waals surface area contributed by atoms with Crippen molar-refractivity contribution in [2.75, 3.05) is 5.75 Å². The number of thioether (sulfide) groups is 1. The van der Waals surface area contributed by atoms with Crippen molar-refractivity contribution in [1.29, 1.82) is 0 Å². The van der Waals surface area contributed by atoms with Crippen molar-refractivity contribution in [3.05, 3.63) is 52.8 Å². The minimum absolute atomic E-state index is 0.222. The fourth-order valence-corrected chi connectivity index (χ4v) is 3.10. The molecule has 0 amide bonds. The van der Waals surface area contributed by atoms with Gasteiger partial charge in [-0.3, -0.25) is 4.79 Å². The second-order valence-electron chi connectivity index (χ2n) is 5.74. The quantitative estimate of drug-likeness (QED) is 0.745. The van der Waals surface area contributed by atoms with E-state index in [1.807, 2.05) is 13.0 Å². The number of hydrogen-bond donors (Lipinski definition) is 0. The van der Waals surface area contributed by atoms with Gasteiger partial charge in [-0.2, -0.15) is 11.8 Å². The van der Waals surface area contributed by atoms with Crippen molar-refractivity contribution < 1.29 is 4.79 Å². The molecular formula is C18H23NOS. The van der Waals surface area contributed by atoms with E-state index in [0.29, 0.717) is 11.0 Å². The van der Waals surface area contributed by atoms with Gasteiger partial charge in [0.05, 0.1) is 5.75 Å². The van der Waals surface area contributed by atoms with Gasteiger partial charge < -0.3 is 4.57 Å². The van der Waals surface area contributed by atoms with Gasteiger partial charge in [-0.15, -0.1) is 0 Å². The number of carbonyl (C=O) groups excluding carboxylic acids is 1. The number of carbonyl (C=O) groups is 1. The van der Waals surface area contributed by atoms with Crippen molar-refractivity contribution in [2.24, 2.45) is 0 Å². The Morgan fingerprint density at radius 3 is 2.33 bits per heavy atom. The molecule has 0 atom stereocenters. The molecule has 1 heterocycles. The van der Waals surface area contributed by atoms with Gasteiger partial charge in [0.1, 0.15) is 0 Å². The molecular weight excluding hydrogens is 278 g/mol. The molecule has 1 aromatic carbocycles. The van der Waals surface area contributed by atoms with Crippen LogP contribution in [0.2, 0.25) is 0 Å². The number of aromatic nitrogens is 1. The number of Topliss-reactive ketones (excluding diaryl/α,β-unsaturated/α-hetero) is 1. The van der Waals surface area contributed by atoms with Crippen LogP contribution in [-0.4, -0.2) is 21.4 Å². The summed E-state index contributed by atoms with van der Waals surface area (Å²) in [6.07, 6.45) is 0. The second-order valence-corrected chi connectivity index (χ2v) is 7.30. The summed E-state index contributed by atoms with van der Waals surface area (Å²) in [5, 5.41) is 0.481. The number of hydrogen-bond acceptors (Lipinski definition) is 2. The van der Waals surface area contributed by atoms with Crippen LogP contribution in [0.15, 0.2) is 30.3 Å². The third-order valence-corrected chi connectivity index (χ3v) is 4.67. The van der Waals surface area contributed by atoms with Gasteiger partial charge in [0.2, 0.25) is 0 Å². The molecule has 3 heteroatoms. The van der Waals surface area contributed by atoms with Crippen molar-refractivity contribution >= 4 is 17.5 Å². The third kappa shape index (κ3) is 3.59. The predicted octanol–water partition coefficient (Wildman–Crippen LogP) is 4.73. The van der Waals surface area contributed by atoms with Crippen LogP contribution in [0.5, 0.6) is 0 Å². The fraction of sp³-hybridized carbons (Fsp3) is 0.389. The summed E-state index contributed by atoms with van der Waals surface area (Å²) < 4.78 is 2.16. The lowest BCUT2D eigenvalue weighted by atomic mass is 10.2. The molecule has 0 unspecified atom stereocenters. The maximum atomic E-state index is 12.4. The van der Waals surface area contributed by atoms with E-state index in [-0.39, 0.29) is 5.78 Å². The van der Waals surface area contributed by atoms with Crippen LogP contribution in [0.25, 0.3) is 5.69 Å². The van der Waals surface area contributed by atoms with Gasteiger partial charge in [-0.05, 0) is 44.2 Å². The lowest BCUT2D eigenvalue weighted by molar-refractivity contribution is 0.102. The summed E-state index contributed by atoms with van der Waals surface area (Å²) in [7, 11) is 0. The first-order valence-electron chi connectivity index (χ1n) is 7.31. The topological polar surface area (TPSA) is 22.0 Å². The average molecular weight is 301 g/mol. The lowest BCUT2D eigenvalue weighted by Gasteiger charge is -2.10. The molecule has 112 valence electrons. The molecule has 0 fully saturated rings. The van der Waals surface area contributed by atoms with Crippen molar-refractivity contribution in [3.8, 4) is 5.69 Å². The number of aryl methyl sites for hydroxylation is 2. The molecule has 0 saturated carbocycles. The van der Waals surface area contributed by atoms with Crippen LogP contribution < -0.4 is 0 Å². The summed E-state index contributed by atoms with van der Waals surface area (Å²) in [6.45, 7) is 10.4. The van der Waals surface area contributed by atoms with Crippen LogP contribution in [0.1, 0.15) is 41.2 Å². The van der Waals surface area contributed by atoms with Gasteiger partial charge in [-0.1, -0.05) is 31.5 Å². The lowest BCUT2D eigenvalue weighted by Crippen LogP contribution is -2.07. The first-order valence-corrected chi connectivity index (χ1v) is 8.36. The molecule has 0 aliphatic heterocycles. The summed E-state index contributed by atoms with van der Waals surface area (Å²) in [5.74, 6) is 0.774. The van der Waals surface area contributed by atoms with E-state index < -0.39 is 0 Å². The molecule has 0 aliphatic carbocycles. The van der Waals surface area contributed by atoms with Crippen LogP contribution in [0, 0.1) is 20.8 Å². The summed E-state index contributed by atoms with van der Waals surface area (Å²) in [4.78, 5) is 12.4. The molecule has 0 saturated heterocycles. The smallest absolute Gasteiger partial charge is 0.174 e. The van der Waals surface area contributed by atoms with Gasteiger partial charge in [-0.25, -0.2) is 0 Å². The Kier molecular flexibility index (Phi) is 4.94. The Labute approximate surface area is 131 Å². The van der Waals surface area contributed by atoms with Crippen molar-refractivity contribution in [3.63, 3.8) is 0 Å². The molecule has 0 bridgehead atoms. The van der Waals surface area contributed by atoms with E-state index in [4.69, 9.17) is 0 Å². The zero-order chi connectivity index (χ0) is 15.6. The second kappa shape index (κ2) is 6.52. The first-order chi connectivity index (χ1) is 9.90. The highest BCUT2D eigenvalue weighted by Gasteiger charge is 2.16. The Morgan fingerprint density at radius 2 is 1.76 bits per heavy atom. The maximum Gasteiger partial charge on any atom is 0.174 e. The Bertz CT molecular complexity index is 638. The van der Waals surface area contributed by atoms with E-state index in [9.17, 15) is 4.79 Å². The first kappa shape index (κ1) is 15.9. The molecule has 1 aromatic heterocycles. The maximum absolute atomic E-state index is 12.4. The molecule has 2 aromatic rings. The van der Waals surface area contributed by atoms with E-state index in [2.05, 4.69) is 56.5 Å². The highest BCUT2D eigenvalue weighted by atomic mass is 32.2. The van der Waals surface area contributed by atoms with Crippen LogP contribution in [0.3, 0.4) is 0 Å². The Morgan fingerprint density at radius 1 is 1.14 bits per heavy atom. The SMILES string of the molecule is Cc1ccc(-n2c(C)cc(C(=O)CSC(C)C)c2C)cc1. The fourth-order valence-electron chi connectivity index (χ4n) is 2.46. The summed E-state index contributed by atoms with van der Waals surface area (Å²) in [6, 6.07) is 10.4.